The second-order valence-electron chi connectivity index (χ2n) is 5.78. The van der Waals surface area contributed by atoms with E-state index in [2.05, 4.69) is 20.2 Å². The summed E-state index contributed by atoms with van der Waals surface area (Å²) in [7, 11) is 0. The molecular weight excluding hydrogens is 328 g/mol. The number of hydrogen-bond donors (Lipinski definition) is 1. The highest BCUT2D eigenvalue weighted by Gasteiger charge is 2.15. The molecule has 6 nitrogen and oxygen atoms in total. The number of rotatable bonds is 4. The molecule has 1 aliphatic heterocycles. The van der Waals surface area contributed by atoms with Gasteiger partial charge in [-0.25, -0.2) is 9.97 Å². The van der Waals surface area contributed by atoms with Gasteiger partial charge >= 0.3 is 0 Å². The Hall–Kier alpha value is -1.89. The summed E-state index contributed by atoms with van der Waals surface area (Å²) >= 11 is 0. The number of benzene rings is 1. The first-order chi connectivity index (χ1) is 11.3. The number of aryl methyl sites for hydroxylation is 1. The van der Waals surface area contributed by atoms with E-state index in [0.717, 1.165) is 73.1 Å². The number of hydrogen-bond acceptors (Lipinski definition) is 6. The first kappa shape index (κ1) is 17.0. The highest BCUT2D eigenvalue weighted by atomic mass is 35.5. The molecular formula is C17H20ClN4O2-. The molecule has 0 unspecified atom stereocenters. The van der Waals surface area contributed by atoms with Gasteiger partial charge in [-0.05, 0) is 19.1 Å². The Balaban J connectivity index is 0.00000169. The first-order valence-electron chi connectivity index (χ1n) is 8.01. The van der Waals surface area contributed by atoms with Gasteiger partial charge in [0.15, 0.2) is 11.4 Å². The van der Waals surface area contributed by atoms with Crippen molar-refractivity contribution in [3.8, 4) is 0 Å². The van der Waals surface area contributed by atoms with Gasteiger partial charge in [-0.15, -0.1) is 0 Å². The fourth-order valence-corrected chi connectivity index (χ4v) is 2.98. The number of para-hydroxylation sites is 1. The molecule has 0 atom stereocenters. The Kier molecular flexibility index (Phi) is 5.18. The maximum atomic E-state index is 5.96. The first-order valence-corrected chi connectivity index (χ1v) is 8.01. The predicted octanol–water partition coefficient (Wildman–Crippen LogP) is -0.567. The number of halogens is 1. The van der Waals surface area contributed by atoms with Crippen molar-refractivity contribution >= 4 is 27.9 Å². The van der Waals surface area contributed by atoms with Gasteiger partial charge in [0.2, 0.25) is 0 Å². The molecule has 0 amide bonds. The Morgan fingerprint density at radius 1 is 1.17 bits per heavy atom. The third kappa shape index (κ3) is 3.31. The van der Waals surface area contributed by atoms with E-state index in [1.807, 2.05) is 31.2 Å². The molecule has 0 saturated carbocycles. The van der Waals surface area contributed by atoms with Crippen molar-refractivity contribution in [3.63, 3.8) is 0 Å². The van der Waals surface area contributed by atoms with E-state index < -0.39 is 0 Å². The third-order valence-electron chi connectivity index (χ3n) is 4.16. The number of anilines is 1. The van der Waals surface area contributed by atoms with E-state index in [1.165, 1.54) is 0 Å². The average molecular weight is 348 g/mol. The third-order valence-corrected chi connectivity index (χ3v) is 4.16. The second kappa shape index (κ2) is 7.34. The molecule has 0 bridgehead atoms. The van der Waals surface area contributed by atoms with Crippen LogP contribution in [0.5, 0.6) is 0 Å². The van der Waals surface area contributed by atoms with Gasteiger partial charge in [0, 0.05) is 31.6 Å². The average Bonchev–Trinajstić information content (AvgIpc) is 2.95. The summed E-state index contributed by atoms with van der Waals surface area (Å²) in [6.45, 7) is 7.32. The summed E-state index contributed by atoms with van der Waals surface area (Å²) in [6, 6.07) is 7.96. The zero-order valence-corrected chi connectivity index (χ0v) is 14.3. The lowest BCUT2D eigenvalue weighted by Crippen LogP contribution is -3.00. The smallest absolute Gasteiger partial charge is 0.196 e. The van der Waals surface area contributed by atoms with Crippen molar-refractivity contribution in [2.45, 2.75) is 6.92 Å². The molecule has 1 aromatic carbocycles. The Morgan fingerprint density at radius 2 is 1.96 bits per heavy atom. The van der Waals surface area contributed by atoms with Gasteiger partial charge in [-0.1, -0.05) is 12.1 Å². The SMILES string of the molecule is Cc1nc(NCCN2CCOCC2)c2oc3ccccc3c2n1.[Cl-]. The Bertz CT molecular complexity index is 830. The highest BCUT2D eigenvalue weighted by Crippen LogP contribution is 2.30. The number of ether oxygens (including phenoxy) is 1. The number of fused-ring (bicyclic) bond motifs is 3. The second-order valence-corrected chi connectivity index (χ2v) is 5.78. The number of morpholine rings is 1. The summed E-state index contributed by atoms with van der Waals surface area (Å²) in [5, 5.41) is 4.44. The summed E-state index contributed by atoms with van der Waals surface area (Å²) in [5.74, 6) is 1.52. The van der Waals surface area contributed by atoms with E-state index in [1.54, 1.807) is 0 Å². The highest BCUT2D eigenvalue weighted by molar-refractivity contribution is 6.05. The van der Waals surface area contributed by atoms with Crippen LogP contribution in [0.25, 0.3) is 22.1 Å². The van der Waals surface area contributed by atoms with Crippen LogP contribution < -0.4 is 17.7 Å². The molecule has 0 radical (unpaired) electrons. The van der Waals surface area contributed by atoms with Crippen LogP contribution in [-0.2, 0) is 4.74 Å². The van der Waals surface area contributed by atoms with E-state index in [0.29, 0.717) is 0 Å². The molecule has 2 aromatic heterocycles. The minimum absolute atomic E-state index is 0. The maximum Gasteiger partial charge on any atom is 0.196 e. The quantitative estimate of drug-likeness (QED) is 0.682. The predicted molar refractivity (Wildman–Crippen MR) is 89.8 cm³/mol. The fourth-order valence-electron chi connectivity index (χ4n) is 2.98. The monoisotopic (exact) mass is 347 g/mol. The summed E-state index contributed by atoms with van der Waals surface area (Å²) < 4.78 is 11.3. The number of aromatic nitrogens is 2. The van der Waals surface area contributed by atoms with Crippen LogP contribution in [0.1, 0.15) is 5.82 Å². The van der Waals surface area contributed by atoms with Crippen molar-refractivity contribution in [1.29, 1.82) is 0 Å². The van der Waals surface area contributed by atoms with Gasteiger partial charge < -0.3 is 26.9 Å². The topological polar surface area (TPSA) is 63.4 Å². The van der Waals surface area contributed by atoms with E-state index >= 15 is 0 Å². The molecule has 3 aromatic rings. The van der Waals surface area contributed by atoms with Gasteiger partial charge in [-0.3, -0.25) is 4.90 Å². The molecule has 1 aliphatic rings. The van der Waals surface area contributed by atoms with Gasteiger partial charge in [0.25, 0.3) is 0 Å². The van der Waals surface area contributed by atoms with Crippen molar-refractivity contribution in [2.75, 3.05) is 44.7 Å². The molecule has 1 fully saturated rings. The van der Waals surface area contributed by atoms with E-state index in [9.17, 15) is 0 Å². The van der Waals surface area contributed by atoms with Crippen LogP contribution in [0.15, 0.2) is 28.7 Å². The van der Waals surface area contributed by atoms with Crippen LogP contribution in [0, 0.1) is 6.92 Å². The lowest BCUT2D eigenvalue weighted by atomic mass is 10.2. The van der Waals surface area contributed by atoms with Gasteiger partial charge in [0.05, 0.1) is 13.2 Å². The summed E-state index contributed by atoms with van der Waals surface area (Å²) in [5.41, 5.74) is 2.46. The van der Waals surface area contributed by atoms with Crippen LogP contribution in [0.3, 0.4) is 0 Å². The largest absolute Gasteiger partial charge is 1.00 e. The molecule has 128 valence electrons. The van der Waals surface area contributed by atoms with Crippen molar-refractivity contribution in [2.24, 2.45) is 0 Å². The number of furan rings is 1. The minimum atomic E-state index is 0. The van der Waals surface area contributed by atoms with Gasteiger partial charge in [0.1, 0.15) is 16.9 Å². The molecule has 0 aliphatic carbocycles. The van der Waals surface area contributed by atoms with Crippen LogP contribution in [0.4, 0.5) is 5.82 Å². The standard InChI is InChI=1S/C17H20N4O2.ClH/c1-12-19-15-13-4-2-3-5-14(13)23-16(15)17(20-12)18-6-7-21-8-10-22-11-9-21;/h2-5H,6-11H2,1H3,(H,18,19,20);1H/p-1. The minimum Gasteiger partial charge on any atom is -1.00 e. The van der Waals surface area contributed by atoms with E-state index in [-0.39, 0.29) is 12.4 Å². The molecule has 24 heavy (non-hydrogen) atoms. The lowest BCUT2D eigenvalue weighted by Gasteiger charge is -2.26. The fraction of sp³-hybridized carbons (Fsp3) is 0.412. The number of nitrogens with zero attached hydrogens (tertiary/aromatic N) is 3. The van der Waals surface area contributed by atoms with Crippen molar-refractivity contribution < 1.29 is 21.6 Å². The zero-order chi connectivity index (χ0) is 15.6. The van der Waals surface area contributed by atoms with Crippen LogP contribution >= 0.6 is 0 Å². The maximum absolute atomic E-state index is 5.96. The molecule has 3 heterocycles. The van der Waals surface area contributed by atoms with E-state index in [4.69, 9.17) is 9.15 Å². The molecule has 1 saturated heterocycles. The molecule has 7 heteroatoms. The molecule has 1 N–H and O–H groups in total. The summed E-state index contributed by atoms with van der Waals surface area (Å²) in [4.78, 5) is 11.5. The van der Waals surface area contributed by atoms with Crippen molar-refractivity contribution in [3.05, 3.63) is 30.1 Å². The molecule has 4 rings (SSSR count). The zero-order valence-electron chi connectivity index (χ0n) is 13.6. The number of nitrogens with one attached hydrogen (secondary N) is 1. The van der Waals surface area contributed by atoms with Crippen LogP contribution in [-0.4, -0.2) is 54.3 Å². The lowest BCUT2D eigenvalue weighted by molar-refractivity contribution is -0.00000682. The summed E-state index contributed by atoms with van der Waals surface area (Å²) in [6.07, 6.45) is 0. The van der Waals surface area contributed by atoms with Crippen LogP contribution in [0.2, 0.25) is 0 Å². The van der Waals surface area contributed by atoms with Crippen molar-refractivity contribution in [1.82, 2.24) is 14.9 Å². The Labute approximate surface area is 146 Å². The van der Waals surface area contributed by atoms with Gasteiger partial charge in [-0.2, -0.15) is 0 Å². The Morgan fingerprint density at radius 3 is 2.79 bits per heavy atom. The normalized spacial score (nSPS) is 15.5. The molecule has 0 spiro atoms.